The summed E-state index contributed by atoms with van der Waals surface area (Å²) in [5.74, 6) is 0. The molecule has 0 aromatic carbocycles. The third-order valence-corrected chi connectivity index (χ3v) is 13.1. The summed E-state index contributed by atoms with van der Waals surface area (Å²) in [4.78, 5) is 0. The lowest BCUT2D eigenvalue weighted by Crippen LogP contribution is -2.62. The van der Waals surface area contributed by atoms with Gasteiger partial charge in [-0.05, 0) is 19.0 Å². The molecule has 1 heterocycles. The second kappa shape index (κ2) is 5.72. The fourth-order valence-corrected chi connectivity index (χ4v) is 13.5. The van der Waals surface area contributed by atoms with Crippen LogP contribution >= 0.6 is 0 Å². The van der Waals surface area contributed by atoms with Crippen LogP contribution in [0.2, 0.25) is 12.1 Å². The van der Waals surface area contributed by atoms with Crippen LogP contribution in [0.15, 0.2) is 0 Å². The molecule has 5 nitrogen and oxygen atoms in total. The van der Waals surface area contributed by atoms with Crippen molar-refractivity contribution < 1.29 is 22.4 Å². The number of ether oxygens (including phenoxy) is 1. The van der Waals surface area contributed by atoms with E-state index in [1.165, 1.54) is 0 Å². The standard InChI is InChI=1S/C9H22O5Si2/c1-6-14-9-15(10-2,11-3)7-8-16(9,12-4)13-5/h9H,6-8H2,1-5H3. The zero-order valence-corrected chi connectivity index (χ0v) is 12.7. The molecule has 16 heavy (non-hydrogen) atoms. The lowest BCUT2D eigenvalue weighted by atomic mass is 10.9. The first-order valence-corrected chi connectivity index (χ1v) is 9.67. The monoisotopic (exact) mass is 266 g/mol. The molecule has 1 fully saturated rings. The normalized spacial score (nSPS) is 23.8. The van der Waals surface area contributed by atoms with E-state index in [2.05, 4.69) is 0 Å². The Morgan fingerprint density at radius 1 is 0.875 bits per heavy atom. The molecular formula is C9H22O5Si2. The van der Waals surface area contributed by atoms with E-state index in [0.717, 1.165) is 12.1 Å². The Balaban J connectivity index is 2.99. The zero-order valence-electron chi connectivity index (χ0n) is 10.7. The van der Waals surface area contributed by atoms with Gasteiger partial charge in [-0.25, -0.2) is 0 Å². The molecule has 0 atom stereocenters. The van der Waals surface area contributed by atoms with Crippen LogP contribution in [0.3, 0.4) is 0 Å². The Hall–Kier alpha value is 0.234. The first-order valence-electron chi connectivity index (χ1n) is 5.47. The highest BCUT2D eigenvalue weighted by atomic mass is 28.4. The van der Waals surface area contributed by atoms with Gasteiger partial charge in [0, 0.05) is 35.0 Å². The molecule has 96 valence electrons. The van der Waals surface area contributed by atoms with E-state index in [1.807, 2.05) is 6.92 Å². The summed E-state index contributed by atoms with van der Waals surface area (Å²) in [5.41, 5.74) is 0. The first-order chi connectivity index (χ1) is 7.64. The van der Waals surface area contributed by atoms with E-state index < -0.39 is 17.1 Å². The van der Waals surface area contributed by atoms with E-state index in [-0.39, 0.29) is 5.35 Å². The fourth-order valence-electron chi connectivity index (χ4n) is 2.37. The second-order valence-electron chi connectivity index (χ2n) is 3.78. The van der Waals surface area contributed by atoms with Crippen molar-refractivity contribution in [2.45, 2.75) is 24.4 Å². The van der Waals surface area contributed by atoms with Gasteiger partial charge in [-0.15, -0.1) is 0 Å². The van der Waals surface area contributed by atoms with Crippen LogP contribution in [0.4, 0.5) is 0 Å². The molecule has 0 unspecified atom stereocenters. The molecular weight excluding hydrogens is 244 g/mol. The number of hydrogen-bond acceptors (Lipinski definition) is 5. The van der Waals surface area contributed by atoms with Gasteiger partial charge in [0.25, 0.3) is 0 Å². The van der Waals surface area contributed by atoms with Crippen molar-refractivity contribution in [3.05, 3.63) is 0 Å². The predicted molar refractivity (Wildman–Crippen MR) is 64.6 cm³/mol. The number of hydrogen-bond donors (Lipinski definition) is 0. The summed E-state index contributed by atoms with van der Waals surface area (Å²) in [5, 5.41) is -0.116. The van der Waals surface area contributed by atoms with Crippen molar-refractivity contribution in [3.8, 4) is 0 Å². The predicted octanol–water partition coefficient (Wildman–Crippen LogP) is 0.954. The van der Waals surface area contributed by atoms with Crippen molar-refractivity contribution >= 4 is 17.1 Å². The van der Waals surface area contributed by atoms with Crippen LogP contribution < -0.4 is 0 Å². The molecule has 1 rings (SSSR count). The minimum Gasteiger partial charge on any atom is -0.396 e. The summed E-state index contributed by atoms with van der Waals surface area (Å²) in [6.07, 6.45) is 0. The van der Waals surface area contributed by atoms with Crippen LogP contribution in [0.1, 0.15) is 6.92 Å². The Bertz CT molecular complexity index is 198. The van der Waals surface area contributed by atoms with Crippen LogP contribution in [-0.2, 0) is 22.4 Å². The van der Waals surface area contributed by atoms with Gasteiger partial charge in [-0.3, -0.25) is 0 Å². The first kappa shape index (κ1) is 14.3. The lowest BCUT2D eigenvalue weighted by Gasteiger charge is -2.34. The van der Waals surface area contributed by atoms with Crippen molar-refractivity contribution in [2.24, 2.45) is 0 Å². The van der Waals surface area contributed by atoms with Crippen molar-refractivity contribution in [1.29, 1.82) is 0 Å². The molecule has 1 saturated heterocycles. The molecule has 0 saturated carbocycles. The zero-order chi connectivity index (χ0) is 12.2. The SMILES string of the molecule is CCOC1[Si](OC)(OC)CC[Si]1(OC)OC. The number of rotatable bonds is 6. The molecule has 0 aromatic heterocycles. The van der Waals surface area contributed by atoms with Crippen LogP contribution in [0, 0.1) is 0 Å². The maximum Gasteiger partial charge on any atom is 0.369 e. The third-order valence-electron chi connectivity index (χ3n) is 3.34. The van der Waals surface area contributed by atoms with Crippen molar-refractivity contribution in [1.82, 2.24) is 0 Å². The van der Waals surface area contributed by atoms with Gasteiger partial charge in [-0.2, -0.15) is 0 Å². The molecule has 0 spiro atoms. The average molecular weight is 266 g/mol. The molecule has 0 radical (unpaired) electrons. The Morgan fingerprint density at radius 3 is 1.50 bits per heavy atom. The summed E-state index contributed by atoms with van der Waals surface area (Å²) >= 11 is 0. The largest absolute Gasteiger partial charge is 0.396 e. The fraction of sp³-hybridized carbons (Fsp3) is 1.00. The summed E-state index contributed by atoms with van der Waals surface area (Å²) < 4.78 is 28.4. The molecule has 0 N–H and O–H groups in total. The van der Waals surface area contributed by atoms with Crippen LogP contribution in [-0.4, -0.2) is 57.5 Å². The van der Waals surface area contributed by atoms with Crippen LogP contribution in [0.5, 0.6) is 0 Å². The van der Waals surface area contributed by atoms with Gasteiger partial charge >= 0.3 is 17.1 Å². The highest BCUT2D eigenvalue weighted by Gasteiger charge is 2.67. The van der Waals surface area contributed by atoms with Gasteiger partial charge < -0.3 is 22.4 Å². The van der Waals surface area contributed by atoms with Crippen molar-refractivity contribution in [3.63, 3.8) is 0 Å². The molecule has 7 heteroatoms. The van der Waals surface area contributed by atoms with Gasteiger partial charge in [0.1, 0.15) is 5.35 Å². The summed E-state index contributed by atoms with van der Waals surface area (Å²) in [7, 11) is 2.13. The van der Waals surface area contributed by atoms with Gasteiger partial charge in [0.2, 0.25) is 0 Å². The maximum absolute atomic E-state index is 5.82. The molecule has 0 amide bonds. The smallest absolute Gasteiger partial charge is 0.369 e. The van der Waals surface area contributed by atoms with Gasteiger partial charge in [-0.1, -0.05) is 0 Å². The summed E-state index contributed by atoms with van der Waals surface area (Å²) in [6.45, 7) is 2.58. The molecule has 1 aliphatic rings. The van der Waals surface area contributed by atoms with E-state index in [0.29, 0.717) is 6.61 Å². The van der Waals surface area contributed by atoms with Gasteiger partial charge in [0.05, 0.1) is 0 Å². The lowest BCUT2D eigenvalue weighted by molar-refractivity contribution is 0.0775. The minimum absolute atomic E-state index is 0.116. The molecule has 0 aromatic rings. The maximum atomic E-state index is 5.82. The van der Waals surface area contributed by atoms with Crippen molar-refractivity contribution in [2.75, 3.05) is 35.0 Å². The topological polar surface area (TPSA) is 46.2 Å². The quantitative estimate of drug-likeness (QED) is 0.670. The Kier molecular flexibility index (Phi) is 5.11. The minimum atomic E-state index is -2.32. The molecule has 0 bridgehead atoms. The summed E-state index contributed by atoms with van der Waals surface area (Å²) in [6, 6.07) is 1.75. The highest BCUT2D eigenvalue weighted by molar-refractivity contribution is 6.92. The average Bonchev–Trinajstić information content (AvgIpc) is 2.65. The Labute approximate surface area is 99.5 Å². The third kappa shape index (κ3) is 2.13. The molecule has 1 aliphatic heterocycles. The van der Waals surface area contributed by atoms with E-state index in [1.54, 1.807) is 28.4 Å². The highest BCUT2D eigenvalue weighted by Crippen LogP contribution is 2.40. The van der Waals surface area contributed by atoms with E-state index in [9.17, 15) is 0 Å². The Morgan fingerprint density at radius 2 is 1.25 bits per heavy atom. The van der Waals surface area contributed by atoms with Crippen LogP contribution in [0.25, 0.3) is 0 Å². The molecule has 0 aliphatic carbocycles. The van der Waals surface area contributed by atoms with E-state index in [4.69, 9.17) is 22.4 Å². The second-order valence-corrected chi connectivity index (χ2v) is 11.3. The van der Waals surface area contributed by atoms with Gasteiger partial charge in [0.15, 0.2) is 0 Å². The van der Waals surface area contributed by atoms with E-state index >= 15 is 0 Å².